The lowest BCUT2D eigenvalue weighted by atomic mass is 9.85. The maximum atomic E-state index is 13.1. The lowest BCUT2D eigenvalue weighted by Crippen LogP contribution is -2.54. The van der Waals surface area contributed by atoms with Gasteiger partial charge in [-0.15, -0.1) is 0 Å². The summed E-state index contributed by atoms with van der Waals surface area (Å²) in [5.41, 5.74) is 6.85. The Morgan fingerprint density at radius 1 is 0.780 bits per heavy atom. The van der Waals surface area contributed by atoms with Crippen molar-refractivity contribution in [1.29, 1.82) is 0 Å². The molecule has 0 aliphatic carbocycles. The van der Waals surface area contributed by atoms with Crippen LogP contribution < -0.4 is 10.0 Å². The standard InChI is InChI=1S/C34H32N4O2S/c1-5-40-32(39)31-36-38(27-16-10-7-11-17-27)34(41-31)29-19-13-12-18-28(29)30(35-37(34)26-14-8-6-9-15-26)24-20-22-25(23-21-24)33(2,3)4/h6-23H,5H2,1-4H3/t34-/m1/s1. The van der Waals surface area contributed by atoms with Crippen LogP contribution in [0.15, 0.2) is 119 Å². The maximum absolute atomic E-state index is 13.1. The first kappa shape index (κ1) is 26.8. The Bertz CT molecular complexity index is 1630. The van der Waals surface area contributed by atoms with Crippen molar-refractivity contribution < 1.29 is 9.53 Å². The molecule has 0 radical (unpaired) electrons. The van der Waals surface area contributed by atoms with E-state index in [1.54, 1.807) is 6.92 Å². The molecule has 6 nitrogen and oxygen atoms in total. The van der Waals surface area contributed by atoms with E-state index >= 15 is 0 Å². The first-order chi connectivity index (χ1) is 19.8. The molecule has 0 amide bonds. The third kappa shape index (κ3) is 4.70. The van der Waals surface area contributed by atoms with Gasteiger partial charge in [0, 0.05) is 16.7 Å². The molecule has 0 saturated carbocycles. The normalized spacial score (nSPS) is 18.1. The van der Waals surface area contributed by atoms with Crippen LogP contribution in [0.25, 0.3) is 0 Å². The van der Waals surface area contributed by atoms with Gasteiger partial charge in [0.2, 0.25) is 10.0 Å². The summed E-state index contributed by atoms with van der Waals surface area (Å²) in [4.78, 5) is 12.1. The van der Waals surface area contributed by atoms with Crippen molar-refractivity contribution in [3.05, 3.63) is 131 Å². The van der Waals surface area contributed by atoms with Crippen molar-refractivity contribution >= 4 is 39.9 Å². The number of thioether (sulfide) groups is 1. The predicted molar refractivity (Wildman–Crippen MR) is 168 cm³/mol. The second-order valence-electron chi connectivity index (χ2n) is 11.0. The smallest absolute Gasteiger partial charge is 0.365 e. The van der Waals surface area contributed by atoms with Gasteiger partial charge in [-0.2, -0.15) is 10.2 Å². The quantitative estimate of drug-likeness (QED) is 0.237. The molecule has 6 rings (SSSR count). The molecule has 0 saturated heterocycles. The number of fused-ring (bicyclic) bond motifs is 2. The summed E-state index contributed by atoms with van der Waals surface area (Å²) in [6.07, 6.45) is 0. The van der Waals surface area contributed by atoms with Gasteiger partial charge in [0.15, 0.2) is 0 Å². The molecule has 0 aromatic heterocycles. The minimum Gasteiger partial charge on any atom is -0.461 e. The van der Waals surface area contributed by atoms with E-state index in [1.165, 1.54) is 17.3 Å². The van der Waals surface area contributed by atoms with E-state index in [-0.39, 0.29) is 17.1 Å². The van der Waals surface area contributed by atoms with Crippen LogP contribution in [0, 0.1) is 0 Å². The molecule has 2 aliphatic heterocycles. The highest BCUT2D eigenvalue weighted by Gasteiger charge is 2.56. The lowest BCUT2D eigenvalue weighted by molar-refractivity contribution is -0.134. The first-order valence-electron chi connectivity index (χ1n) is 13.8. The molecule has 4 aromatic rings. The maximum Gasteiger partial charge on any atom is 0.365 e. The van der Waals surface area contributed by atoms with E-state index in [2.05, 4.69) is 57.2 Å². The minimum atomic E-state index is -1.02. The number of hydrogen-bond acceptors (Lipinski definition) is 7. The number of rotatable bonds is 5. The van der Waals surface area contributed by atoms with Crippen LogP contribution in [0.4, 0.5) is 11.4 Å². The number of hydrogen-bond donors (Lipinski definition) is 0. The third-order valence-electron chi connectivity index (χ3n) is 7.21. The van der Waals surface area contributed by atoms with Gasteiger partial charge in [0.1, 0.15) is 0 Å². The molecule has 0 N–H and O–H groups in total. The second kappa shape index (κ2) is 10.6. The molecule has 1 atom stereocenters. The number of carbonyl (C=O) groups is 1. The van der Waals surface area contributed by atoms with Crippen LogP contribution in [0.2, 0.25) is 0 Å². The van der Waals surface area contributed by atoms with Gasteiger partial charge in [-0.1, -0.05) is 106 Å². The van der Waals surface area contributed by atoms with Gasteiger partial charge in [-0.25, -0.2) is 14.8 Å². The third-order valence-corrected chi connectivity index (χ3v) is 8.51. The molecular formula is C34H32N4O2S. The van der Waals surface area contributed by atoms with Crippen LogP contribution in [0.1, 0.15) is 49.9 Å². The molecule has 206 valence electrons. The van der Waals surface area contributed by atoms with Gasteiger partial charge in [-0.05, 0) is 53.9 Å². The SMILES string of the molecule is CCOC(=O)C1=NN(c2ccccc2)[C@@]2(S1)c1ccccc1C(c1ccc(C(C)(C)C)cc1)=NN2c1ccccc1. The summed E-state index contributed by atoms with van der Waals surface area (Å²) >= 11 is 1.35. The van der Waals surface area contributed by atoms with E-state index in [0.29, 0.717) is 0 Å². The summed E-state index contributed by atoms with van der Waals surface area (Å²) in [5, 5.41) is 14.4. The molecule has 0 unspecified atom stereocenters. The number of benzene rings is 4. The molecule has 4 aromatic carbocycles. The van der Waals surface area contributed by atoms with Crippen molar-refractivity contribution in [2.75, 3.05) is 16.6 Å². The Labute approximate surface area is 245 Å². The Morgan fingerprint density at radius 2 is 1.34 bits per heavy atom. The minimum absolute atomic E-state index is 0.0441. The molecule has 41 heavy (non-hydrogen) atoms. The number of nitrogens with zero attached hydrogens (tertiary/aromatic N) is 4. The zero-order valence-electron chi connectivity index (χ0n) is 23.6. The van der Waals surface area contributed by atoms with Gasteiger partial charge in [0.05, 0.1) is 23.7 Å². The Balaban J connectivity index is 1.60. The summed E-state index contributed by atoms with van der Waals surface area (Å²) in [5.74, 6) is -0.451. The zero-order chi connectivity index (χ0) is 28.6. The van der Waals surface area contributed by atoms with Crippen molar-refractivity contribution in [1.82, 2.24) is 0 Å². The van der Waals surface area contributed by atoms with E-state index in [0.717, 1.165) is 33.8 Å². The predicted octanol–water partition coefficient (Wildman–Crippen LogP) is 7.50. The Hall–Kier alpha value is -4.36. The molecule has 1 spiro atoms. The van der Waals surface area contributed by atoms with Gasteiger partial charge in [0.25, 0.3) is 0 Å². The number of ether oxygens (including phenoxy) is 1. The number of para-hydroxylation sites is 2. The zero-order valence-corrected chi connectivity index (χ0v) is 24.4. The summed E-state index contributed by atoms with van der Waals surface area (Å²) in [6, 6.07) is 36.9. The van der Waals surface area contributed by atoms with Crippen molar-refractivity contribution in [3.8, 4) is 0 Å². The largest absolute Gasteiger partial charge is 0.461 e. The van der Waals surface area contributed by atoms with Crippen LogP contribution >= 0.6 is 11.8 Å². The monoisotopic (exact) mass is 560 g/mol. The summed E-state index contributed by atoms with van der Waals surface area (Å²) in [7, 11) is 0. The molecule has 2 aliphatic rings. The van der Waals surface area contributed by atoms with E-state index in [9.17, 15) is 4.79 Å². The highest BCUT2D eigenvalue weighted by Crippen LogP contribution is 2.55. The molecule has 7 heteroatoms. The number of anilines is 2. The fraction of sp³-hybridized carbons (Fsp3) is 0.206. The van der Waals surface area contributed by atoms with Gasteiger partial charge < -0.3 is 4.74 Å². The van der Waals surface area contributed by atoms with Crippen LogP contribution in [0.3, 0.4) is 0 Å². The van der Waals surface area contributed by atoms with Gasteiger partial charge >= 0.3 is 5.97 Å². The van der Waals surface area contributed by atoms with Crippen molar-refractivity contribution in [3.63, 3.8) is 0 Å². The first-order valence-corrected chi connectivity index (χ1v) is 14.6. The fourth-order valence-corrected chi connectivity index (χ4v) is 6.48. The van der Waals surface area contributed by atoms with E-state index < -0.39 is 11.0 Å². The lowest BCUT2D eigenvalue weighted by Gasteiger charge is -2.47. The second-order valence-corrected chi connectivity index (χ2v) is 12.1. The van der Waals surface area contributed by atoms with Crippen LogP contribution in [0.5, 0.6) is 0 Å². The molecule has 0 fully saturated rings. The average Bonchev–Trinajstić information content (AvgIpc) is 3.39. The van der Waals surface area contributed by atoms with Crippen LogP contribution in [-0.4, -0.2) is 23.3 Å². The van der Waals surface area contributed by atoms with Crippen molar-refractivity contribution in [2.24, 2.45) is 10.2 Å². The highest BCUT2D eigenvalue weighted by molar-refractivity contribution is 8.16. The average molecular weight is 561 g/mol. The van der Waals surface area contributed by atoms with E-state index in [4.69, 9.17) is 14.9 Å². The number of carbonyl (C=O) groups excluding carboxylic acids is 1. The Kier molecular flexibility index (Phi) is 6.91. The Morgan fingerprint density at radius 3 is 1.93 bits per heavy atom. The molecule has 2 heterocycles. The number of hydrazone groups is 2. The molecule has 0 bridgehead atoms. The summed E-state index contributed by atoms with van der Waals surface area (Å²) < 4.78 is 5.43. The fourth-order valence-electron chi connectivity index (χ4n) is 5.19. The van der Waals surface area contributed by atoms with Crippen molar-refractivity contribution in [2.45, 2.75) is 38.1 Å². The summed E-state index contributed by atoms with van der Waals surface area (Å²) in [6.45, 7) is 8.71. The highest BCUT2D eigenvalue weighted by atomic mass is 32.2. The van der Waals surface area contributed by atoms with Gasteiger partial charge in [-0.3, -0.25) is 0 Å². The topological polar surface area (TPSA) is 57.5 Å². The van der Waals surface area contributed by atoms with E-state index in [1.807, 2.05) is 82.8 Å². The van der Waals surface area contributed by atoms with Crippen LogP contribution in [-0.2, 0) is 19.9 Å². The molecular weight excluding hydrogens is 528 g/mol. The number of esters is 1.